The molecule has 0 aliphatic carbocycles. The number of carbonyl (C=O) groups is 1. The fourth-order valence-corrected chi connectivity index (χ4v) is 2.94. The van der Waals surface area contributed by atoms with Crippen LogP contribution in [0.2, 0.25) is 0 Å². The lowest BCUT2D eigenvalue weighted by atomic mass is 10.2. The first kappa shape index (κ1) is 11.4. The third-order valence-corrected chi connectivity index (χ3v) is 4.00. The molecule has 0 saturated carbocycles. The van der Waals surface area contributed by atoms with Crippen LogP contribution in [0.5, 0.6) is 0 Å². The van der Waals surface area contributed by atoms with Crippen LogP contribution in [0.3, 0.4) is 0 Å². The molecule has 3 rings (SSSR count). The second-order valence-corrected chi connectivity index (χ2v) is 5.25. The standard InChI is InChI=1S/C12H14N4OS/c17-12(7-10-2-6-18-9-10)15-4-1-11(8-15)16-5-3-13-14-16/h2-3,5-6,9,11H,1,4,7-8H2. The van der Waals surface area contributed by atoms with E-state index in [1.165, 1.54) is 0 Å². The second kappa shape index (κ2) is 4.89. The van der Waals surface area contributed by atoms with Crippen LogP contribution in [-0.2, 0) is 11.2 Å². The van der Waals surface area contributed by atoms with E-state index in [4.69, 9.17) is 0 Å². The van der Waals surface area contributed by atoms with Crippen LogP contribution in [0.4, 0.5) is 0 Å². The number of hydrogen-bond donors (Lipinski definition) is 0. The highest BCUT2D eigenvalue weighted by Gasteiger charge is 2.27. The average molecular weight is 262 g/mol. The summed E-state index contributed by atoms with van der Waals surface area (Å²) in [5.74, 6) is 0.205. The third-order valence-electron chi connectivity index (χ3n) is 3.27. The molecule has 1 saturated heterocycles. The zero-order chi connectivity index (χ0) is 12.4. The fraction of sp³-hybridized carbons (Fsp3) is 0.417. The first-order valence-corrected chi connectivity index (χ1v) is 6.92. The predicted molar refractivity (Wildman–Crippen MR) is 68.3 cm³/mol. The molecular formula is C12H14N4OS. The second-order valence-electron chi connectivity index (χ2n) is 4.47. The Hall–Kier alpha value is -1.69. The molecule has 2 aromatic rings. The number of amides is 1. The quantitative estimate of drug-likeness (QED) is 0.839. The summed E-state index contributed by atoms with van der Waals surface area (Å²) in [6.45, 7) is 1.56. The molecular weight excluding hydrogens is 248 g/mol. The van der Waals surface area contributed by atoms with Gasteiger partial charge in [0.15, 0.2) is 0 Å². The van der Waals surface area contributed by atoms with E-state index >= 15 is 0 Å². The smallest absolute Gasteiger partial charge is 0.227 e. The highest BCUT2D eigenvalue weighted by atomic mass is 32.1. The van der Waals surface area contributed by atoms with Crippen molar-refractivity contribution >= 4 is 17.2 Å². The Labute approximate surface area is 109 Å². The van der Waals surface area contributed by atoms with Crippen LogP contribution in [0.1, 0.15) is 18.0 Å². The Bertz CT molecular complexity index is 508. The average Bonchev–Trinajstić information content (AvgIpc) is 3.11. The van der Waals surface area contributed by atoms with Gasteiger partial charge < -0.3 is 4.90 Å². The molecule has 1 unspecified atom stereocenters. The van der Waals surface area contributed by atoms with Gasteiger partial charge in [-0.3, -0.25) is 4.79 Å². The van der Waals surface area contributed by atoms with Crippen molar-refractivity contribution in [2.75, 3.05) is 13.1 Å². The summed E-state index contributed by atoms with van der Waals surface area (Å²) in [7, 11) is 0. The largest absolute Gasteiger partial charge is 0.340 e. The molecule has 0 radical (unpaired) electrons. The molecule has 2 aromatic heterocycles. The zero-order valence-corrected chi connectivity index (χ0v) is 10.7. The van der Waals surface area contributed by atoms with Gasteiger partial charge in [0.05, 0.1) is 18.7 Å². The van der Waals surface area contributed by atoms with Gasteiger partial charge in [0.1, 0.15) is 0 Å². The number of hydrogen-bond acceptors (Lipinski definition) is 4. The number of nitrogens with zero attached hydrogens (tertiary/aromatic N) is 4. The van der Waals surface area contributed by atoms with Crippen molar-refractivity contribution in [1.82, 2.24) is 19.9 Å². The van der Waals surface area contributed by atoms with Crippen LogP contribution >= 0.6 is 11.3 Å². The molecule has 18 heavy (non-hydrogen) atoms. The first-order chi connectivity index (χ1) is 8.83. The summed E-state index contributed by atoms with van der Waals surface area (Å²) in [4.78, 5) is 14.0. The molecule has 0 N–H and O–H groups in total. The lowest BCUT2D eigenvalue weighted by Gasteiger charge is -2.16. The number of aromatic nitrogens is 3. The van der Waals surface area contributed by atoms with Crippen molar-refractivity contribution in [3.05, 3.63) is 34.8 Å². The Kier molecular flexibility index (Phi) is 3.10. The van der Waals surface area contributed by atoms with Gasteiger partial charge in [-0.1, -0.05) is 5.21 Å². The van der Waals surface area contributed by atoms with Crippen LogP contribution in [-0.4, -0.2) is 38.9 Å². The maximum Gasteiger partial charge on any atom is 0.227 e. The normalized spacial score (nSPS) is 19.3. The molecule has 0 aromatic carbocycles. The zero-order valence-electron chi connectivity index (χ0n) is 9.90. The number of carbonyl (C=O) groups excluding carboxylic acids is 1. The fourth-order valence-electron chi connectivity index (χ4n) is 2.28. The molecule has 6 heteroatoms. The van der Waals surface area contributed by atoms with Gasteiger partial charge in [-0.25, -0.2) is 4.68 Å². The molecule has 5 nitrogen and oxygen atoms in total. The van der Waals surface area contributed by atoms with Crippen molar-refractivity contribution in [2.45, 2.75) is 18.9 Å². The summed E-state index contributed by atoms with van der Waals surface area (Å²) in [5, 5.41) is 11.8. The monoisotopic (exact) mass is 262 g/mol. The van der Waals surface area contributed by atoms with Crippen LogP contribution in [0, 0.1) is 0 Å². The Balaban J connectivity index is 1.60. The van der Waals surface area contributed by atoms with Crippen molar-refractivity contribution in [1.29, 1.82) is 0 Å². The molecule has 1 amide bonds. The SMILES string of the molecule is O=C(Cc1ccsc1)N1CCC(n2ccnn2)C1. The number of likely N-dealkylation sites (tertiary alicyclic amines) is 1. The van der Waals surface area contributed by atoms with E-state index in [0.29, 0.717) is 6.42 Å². The molecule has 1 aliphatic rings. The minimum absolute atomic E-state index is 0.205. The maximum absolute atomic E-state index is 12.1. The van der Waals surface area contributed by atoms with Crippen LogP contribution in [0.15, 0.2) is 29.2 Å². The highest BCUT2D eigenvalue weighted by Crippen LogP contribution is 2.21. The summed E-state index contributed by atoms with van der Waals surface area (Å²) in [5.41, 5.74) is 1.11. The van der Waals surface area contributed by atoms with Crippen molar-refractivity contribution in [3.8, 4) is 0 Å². The topological polar surface area (TPSA) is 51.0 Å². The minimum Gasteiger partial charge on any atom is -0.340 e. The van der Waals surface area contributed by atoms with Crippen molar-refractivity contribution < 1.29 is 4.79 Å². The predicted octanol–water partition coefficient (Wildman–Crippen LogP) is 1.36. The van der Waals surface area contributed by atoms with E-state index in [1.54, 1.807) is 17.5 Å². The van der Waals surface area contributed by atoms with E-state index in [9.17, 15) is 4.79 Å². The Morgan fingerprint density at radius 1 is 1.56 bits per heavy atom. The van der Waals surface area contributed by atoms with Crippen LogP contribution < -0.4 is 0 Å². The van der Waals surface area contributed by atoms with Crippen LogP contribution in [0.25, 0.3) is 0 Å². The van der Waals surface area contributed by atoms with E-state index in [-0.39, 0.29) is 11.9 Å². The van der Waals surface area contributed by atoms with Gasteiger partial charge in [-0.15, -0.1) is 5.10 Å². The lowest BCUT2D eigenvalue weighted by Crippen LogP contribution is -2.30. The van der Waals surface area contributed by atoms with Gasteiger partial charge in [0.25, 0.3) is 0 Å². The van der Waals surface area contributed by atoms with E-state index in [0.717, 1.165) is 25.1 Å². The van der Waals surface area contributed by atoms with Gasteiger partial charge in [0, 0.05) is 19.3 Å². The Morgan fingerprint density at radius 3 is 3.22 bits per heavy atom. The summed E-state index contributed by atoms with van der Waals surface area (Å²) in [6, 6.07) is 2.28. The first-order valence-electron chi connectivity index (χ1n) is 5.97. The van der Waals surface area contributed by atoms with Gasteiger partial charge >= 0.3 is 0 Å². The molecule has 1 fully saturated rings. The molecule has 1 aliphatic heterocycles. The van der Waals surface area contributed by atoms with Gasteiger partial charge in [-0.05, 0) is 28.8 Å². The molecule has 0 bridgehead atoms. The number of rotatable bonds is 3. The van der Waals surface area contributed by atoms with Crippen molar-refractivity contribution in [3.63, 3.8) is 0 Å². The van der Waals surface area contributed by atoms with Crippen molar-refractivity contribution in [2.24, 2.45) is 0 Å². The van der Waals surface area contributed by atoms with E-state index in [1.807, 2.05) is 32.6 Å². The molecule has 94 valence electrons. The van der Waals surface area contributed by atoms with E-state index in [2.05, 4.69) is 10.3 Å². The highest BCUT2D eigenvalue weighted by molar-refractivity contribution is 7.07. The Morgan fingerprint density at radius 2 is 2.50 bits per heavy atom. The van der Waals surface area contributed by atoms with E-state index < -0.39 is 0 Å². The lowest BCUT2D eigenvalue weighted by molar-refractivity contribution is -0.129. The molecule has 0 spiro atoms. The number of thiophene rings is 1. The third kappa shape index (κ3) is 2.28. The summed E-state index contributed by atoms with van der Waals surface area (Å²) in [6.07, 6.45) is 5.00. The molecule has 3 heterocycles. The maximum atomic E-state index is 12.1. The van der Waals surface area contributed by atoms with Gasteiger partial charge in [-0.2, -0.15) is 11.3 Å². The minimum atomic E-state index is 0.205. The molecule has 1 atom stereocenters. The summed E-state index contributed by atoms with van der Waals surface area (Å²) >= 11 is 1.63. The van der Waals surface area contributed by atoms with Gasteiger partial charge in [0.2, 0.25) is 5.91 Å². The summed E-state index contributed by atoms with van der Waals surface area (Å²) < 4.78 is 1.85.